The molecule has 3 aliphatic rings. The molecule has 122 heavy (non-hydrogen) atoms. The monoisotopic (exact) mass is 1740 g/mol. The largest absolute Gasteiger partial charge is 0.481 e. The van der Waals surface area contributed by atoms with E-state index in [0.717, 1.165) is 70.0 Å². The maximum absolute atomic E-state index is 11.3. The van der Waals surface area contributed by atoms with Crippen LogP contribution >= 0.6 is 0 Å². The van der Waals surface area contributed by atoms with E-state index in [-0.39, 0.29) is 111 Å². The Morgan fingerprint density at radius 2 is 0.820 bits per heavy atom. The summed E-state index contributed by atoms with van der Waals surface area (Å²) in [5, 5.41) is 64.7. The molecule has 0 bridgehead atoms. The van der Waals surface area contributed by atoms with Crippen molar-refractivity contribution in [3.8, 4) is 0 Å². The number of Topliss-reactive ketones (excluding diaryl/α,β-unsaturated/α-hetero) is 1. The number of carbonyl (C=O) groups excluding carboxylic acids is 12. The molecular formula is C83H118O39. The van der Waals surface area contributed by atoms with Crippen LogP contribution in [0.5, 0.6) is 0 Å². The zero-order valence-electron chi connectivity index (χ0n) is 70.5. The minimum absolute atomic E-state index is 0.0889. The lowest BCUT2D eigenvalue weighted by atomic mass is 9.95. The number of carboxylic acid groups (broad SMARTS) is 8. The van der Waals surface area contributed by atoms with Crippen molar-refractivity contribution in [3.05, 3.63) is 160 Å². The van der Waals surface area contributed by atoms with E-state index in [1.165, 1.54) is 13.0 Å². The van der Waals surface area contributed by atoms with Gasteiger partial charge in [0, 0.05) is 76.7 Å². The molecule has 1 aliphatic carbocycles. The summed E-state index contributed by atoms with van der Waals surface area (Å²) < 4.78 is 53.0. The van der Waals surface area contributed by atoms with Gasteiger partial charge in [-0.15, -0.1) is 0 Å². The van der Waals surface area contributed by atoms with Crippen LogP contribution in [0.15, 0.2) is 160 Å². The van der Waals surface area contributed by atoms with Gasteiger partial charge in [-0.25, -0.2) is 47.9 Å². The fourth-order valence-corrected chi connectivity index (χ4v) is 5.59. The molecule has 684 valence electrons. The molecule has 4 atom stereocenters. The summed E-state index contributed by atoms with van der Waals surface area (Å²) in [5.41, 5.74) is 1.42. The van der Waals surface area contributed by atoms with E-state index < -0.39 is 102 Å². The van der Waals surface area contributed by atoms with Crippen LogP contribution in [-0.4, -0.2) is 251 Å². The fraction of sp³-hybridized carbons (Fsp3) is 0.446. The standard InChI is InChI=1S/C14H20O4.C9H12O3.C7H8O6.C7H12O3.C7H8O3.C7H12O2.C7H10O2.2C6H8O3.C5H6O4.C5H10O2.C3H4O4/c1-9(2)13(15)17-11-5-7-12(8-6-11)18-14(16)10(3)4;1-6(2)8(10)5-12-9(11)7(3)4;1-3(6(10)11)4(7(12)13)2-5(8)9;1(6-4-9-6)2-8-3-7-5-10-7;1-3-6(8)5-10-7(9)4-2;2*1-4-5-9-7(8)6(2)3;2*1-2-6(8)9-5-3-4-7;1-3(5(8)9)2-4(6)7;1-3-4(2)5(6)7;4-2(5)1-3(6)7/h11-12H,1,3,5-8H2,2,4H3;1,3,5H2,2,4H3;4H,1-2H2,(H,8,9)(H,10,11)(H,12,13);6-7H,1-5H2;3-4H,1-2,5H2;2,4-5H2,1,3H3;4H,1-2,5H2,3H3;2*2,4H,1,3,5H2;1-2H2,(H,6,7)(H,8,9);4H,3H2,1-2H3,(H,6,7);1H2,(H,4,5)(H,6,7). The van der Waals surface area contributed by atoms with E-state index in [1.807, 2.05) is 13.8 Å². The molecule has 39 nitrogen and oxygen atoms in total. The Kier molecular flexibility index (Phi) is 84.7. The Balaban J connectivity index is -0.000000165. The number of carboxylic acids is 8. The second kappa shape index (κ2) is 81.4. The van der Waals surface area contributed by atoms with E-state index in [1.54, 1.807) is 41.5 Å². The average Bonchev–Trinajstić information content (AvgIpc) is 1.54. The molecule has 2 saturated heterocycles. The SMILES string of the molecule is C(CC1CO1)OCC1CO1.C=C(C(=O)O)C(CC(=O)O)C(=O)O.C=C(C)C(=O)COC(=O)C(=C)C.C=C(C)C(=O)OC1CCC(OC(=O)C(=C)C)CC1.C=C(C)C(=O)OCCC.C=C(CC(=O)O)C(=O)O.C=CC(=O)COC(=O)C=C.C=CC(=O)OCCC=O.C=CC(=O)OCCC=O.C=CCOC(=O)C(=C)C.CCC(C)C(=O)O.O=C(O)CC(=O)O. The number of ketones is 2. The van der Waals surface area contributed by atoms with Crippen molar-refractivity contribution in [2.24, 2.45) is 11.8 Å². The van der Waals surface area contributed by atoms with Crippen LogP contribution in [0.3, 0.4) is 0 Å². The van der Waals surface area contributed by atoms with Crippen molar-refractivity contribution >= 4 is 120 Å². The topological polar surface area (TPSA) is 611 Å². The fourth-order valence-electron chi connectivity index (χ4n) is 5.59. The number of carbonyl (C=O) groups is 20. The second-order valence-electron chi connectivity index (χ2n) is 24.2. The highest BCUT2D eigenvalue weighted by molar-refractivity contribution is 5.98. The predicted molar refractivity (Wildman–Crippen MR) is 437 cm³/mol. The van der Waals surface area contributed by atoms with Gasteiger partial charge in [-0.1, -0.05) is 112 Å². The summed E-state index contributed by atoms with van der Waals surface area (Å²) in [7, 11) is 0. The lowest BCUT2D eigenvalue weighted by molar-refractivity contribution is -0.153. The lowest BCUT2D eigenvalue weighted by Gasteiger charge is -2.28. The normalized spacial score (nSPS) is 13.4. The first-order chi connectivity index (χ1) is 56.7. The summed E-state index contributed by atoms with van der Waals surface area (Å²) in [4.78, 5) is 205. The van der Waals surface area contributed by atoms with Crippen LogP contribution in [0.25, 0.3) is 0 Å². The highest BCUT2D eigenvalue weighted by Gasteiger charge is 2.29. The zero-order chi connectivity index (χ0) is 96.8. The average molecular weight is 1740 g/mol. The van der Waals surface area contributed by atoms with E-state index in [9.17, 15) is 95.9 Å². The Bertz CT molecular complexity index is 3410. The van der Waals surface area contributed by atoms with Gasteiger partial charge in [-0.3, -0.25) is 38.4 Å². The first kappa shape index (κ1) is 127. The number of esters is 8. The molecular weight excluding hydrogens is 1620 g/mol. The zero-order valence-corrected chi connectivity index (χ0v) is 70.5. The highest BCUT2D eigenvalue weighted by atomic mass is 16.6. The Labute approximate surface area is 708 Å². The molecule has 0 spiro atoms. The number of aliphatic carboxylic acids is 8. The summed E-state index contributed by atoms with van der Waals surface area (Å²) in [6, 6.07) is 0. The number of ether oxygens (including phenoxy) is 11. The van der Waals surface area contributed by atoms with Gasteiger partial charge in [0.15, 0.2) is 24.8 Å². The number of rotatable bonds is 43. The highest BCUT2D eigenvalue weighted by Crippen LogP contribution is 2.25. The number of epoxide rings is 2. The predicted octanol–water partition coefficient (Wildman–Crippen LogP) is 8.43. The van der Waals surface area contributed by atoms with Gasteiger partial charge in [0.05, 0.1) is 70.4 Å². The van der Waals surface area contributed by atoms with Gasteiger partial charge in [0.1, 0.15) is 43.9 Å². The van der Waals surface area contributed by atoms with E-state index in [4.69, 9.17) is 69.3 Å². The Morgan fingerprint density at radius 3 is 1.08 bits per heavy atom. The van der Waals surface area contributed by atoms with E-state index >= 15 is 0 Å². The van der Waals surface area contributed by atoms with Gasteiger partial charge < -0.3 is 103 Å². The third-order valence-corrected chi connectivity index (χ3v) is 12.6. The van der Waals surface area contributed by atoms with Crippen molar-refractivity contribution < 1.29 is 189 Å². The maximum Gasteiger partial charge on any atom is 0.333 e. The van der Waals surface area contributed by atoms with Crippen LogP contribution < -0.4 is 0 Å². The Hall–Kier alpha value is -13.3. The van der Waals surface area contributed by atoms with E-state index in [2.05, 4.69) is 109 Å². The van der Waals surface area contributed by atoms with Crippen molar-refractivity contribution in [2.45, 2.75) is 164 Å². The molecule has 0 amide bonds. The molecule has 4 unspecified atom stereocenters. The molecule has 3 rings (SSSR count). The number of hydrogen-bond donors (Lipinski definition) is 8. The molecule has 0 radical (unpaired) electrons. The smallest absolute Gasteiger partial charge is 0.333 e. The first-order valence-corrected chi connectivity index (χ1v) is 36.1. The molecule has 0 aromatic rings. The van der Waals surface area contributed by atoms with Crippen molar-refractivity contribution in [3.63, 3.8) is 0 Å². The van der Waals surface area contributed by atoms with Crippen LogP contribution in [0, 0.1) is 11.8 Å². The van der Waals surface area contributed by atoms with Gasteiger partial charge in [-0.05, 0) is 98.1 Å². The van der Waals surface area contributed by atoms with Gasteiger partial charge in [0.2, 0.25) is 0 Å². The molecule has 2 heterocycles. The minimum atomic E-state index is -1.57. The Morgan fingerprint density at radius 1 is 0.434 bits per heavy atom. The van der Waals surface area contributed by atoms with Gasteiger partial charge >= 0.3 is 95.5 Å². The third-order valence-electron chi connectivity index (χ3n) is 12.6. The van der Waals surface area contributed by atoms with Crippen LogP contribution in [0.1, 0.15) is 139 Å². The van der Waals surface area contributed by atoms with E-state index in [0.29, 0.717) is 84.9 Å². The van der Waals surface area contributed by atoms with Gasteiger partial charge in [0.25, 0.3) is 0 Å². The lowest BCUT2D eigenvalue weighted by Crippen LogP contribution is -2.30. The third kappa shape index (κ3) is 95.5. The van der Waals surface area contributed by atoms with Crippen molar-refractivity contribution in [2.75, 3.05) is 66.1 Å². The quantitative estimate of drug-likeness (QED) is 0.00415. The van der Waals surface area contributed by atoms with Crippen LogP contribution in [0.4, 0.5) is 0 Å². The van der Waals surface area contributed by atoms with Gasteiger partial charge in [-0.2, -0.15) is 0 Å². The summed E-state index contributed by atoms with van der Waals surface area (Å²) in [6.45, 7) is 61.8. The molecule has 3 fully saturated rings. The molecule has 39 heteroatoms. The molecule has 0 aromatic carbocycles. The molecule has 2 aliphatic heterocycles. The molecule has 1 saturated carbocycles. The van der Waals surface area contributed by atoms with Crippen molar-refractivity contribution in [1.29, 1.82) is 0 Å². The van der Waals surface area contributed by atoms with Crippen LogP contribution in [0.2, 0.25) is 0 Å². The van der Waals surface area contributed by atoms with Crippen LogP contribution in [-0.2, 0) is 148 Å². The molecule has 0 aromatic heterocycles. The van der Waals surface area contributed by atoms with Crippen molar-refractivity contribution in [1.82, 2.24) is 0 Å². The summed E-state index contributed by atoms with van der Waals surface area (Å²) in [5.74, 6) is -16.0. The number of aldehydes is 2. The first-order valence-electron chi connectivity index (χ1n) is 36.1. The summed E-state index contributed by atoms with van der Waals surface area (Å²) >= 11 is 0. The maximum atomic E-state index is 11.3. The molecule has 8 N–H and O–H groups in total. The summed E-state index contributed by atoms with van der Waals surface area (Å²) in [6.07, 6.45) is 11.7. The second-order valence-corrected chi connectivity index (χ2v) is 24.2. The minimum Gasteiger partial charge on any atom is -0.481 e. The number of hydrogen-bond acceptors (Lipinski definition) is 31.